The summed E-state index contributed by atoms with van der Waals surface area (Å²) in [7, 11) is 0. The minimum absolute atomic E-state index is 0.200. The summed E-state index contributed by atoms with van der Waals surface area (Å²) in [5, 5.41) is 0. The van der Waals surface area contributed by atoms with Gasteiger partial charge in [-0.3, -0.25) is 0 Å². The van der Waals surface area contributed by atoms with Crippen molar-refractivity contribution in [2.24, 2.45) is 0 Å². The fourth-order valence-corrected chi connectivity index (χ4v) is 2.64. The van der Waals surface area contributed by atoms with Crippen LogP contribution in [0.25, 0.3) is 11.2 Å². The molecule has 0 spiro atoms. The largest absolute Gasteiger partial charge is 0.247 e. The van der Waals surface area contributed by atoms with Crippen LogP contribution in [0.1, 0.15) is 23.2 Å². The van der Waals surface area contributed by atoms with Gasteiger partial charge in [-0.1, -0.05) is 48.6 Å². The van der Waals surface area contributed by atoms with E-state index in [1.165, 1.54) is 0 Å². The number of allylic oxidation sites excluding steroid dienone is 8. The monoisotopic (exact) mass is 259 g/mol. The Balaban J connectivity index is 1.95. The Morgan fingerprint density at radius 3 is 2.00 bits per heavy atom. The average Bonchev–Trinajstić information content (AvgIpc) is 3.19. The van der Waals surface area contributed by atoms with E-state index in [-0.39, 0.29) is 11.8 Å². The lowest BCUT2D eigenvalue weighted by molar-refractivity contribution is 0.893. The second kappa shape index (κ2) is 4.53. The van der Waals surface area contributed by atoms with Crippen molar-refractivity contribution in [1.82, 2.24) is 15.0 Å². The van der Waals surface area contributed by atoms with Crippen LogP contribution in [-0.2, 0) is 0 Å². The van der Waals surface area contributed by atoms with Crippen molar-refractivity contribution in [3.63, 3.8) is 0 Å². The first kappa shape index (κ1) is 11.3. The van der Waals surface area contributed by atoms with E-state index in [1.807, 2.05) is 12.1 Å². The van der Waals surface area contributed by atoms with Gasteiger partial charge in [-0.15, -0.1) is 0 Å². The van der Waals surface area contributed by atoms with E-state index in [0.717, 1.165) is 16.9 Å². The van der Waals surface area contributed by atoms with Gasteiger partial charge in [0.05, 0.1) is 11.4 Å². The summed E-state index contributed by atoms with van der Waals surface area (Å²) in [6, 6.07) is 3.86. The Kier molecular flexibility index (Phi) is 2.56. The number of hydrogen-bond acceptors (Lipinski definition) is 3. The van der Waals surface area contributed by atoms with Crippen LogP contribution in [0.5, 0.6) is 0 Å². The Morgan fingerprint density at radius 2 is 1.35 bits per heavy atom. The van der Waals surface area contributed by atoms with Crippen molar-refractivity contribution in [2.75, 3.05) is 0 Å². The van der Waals surface area contributed by atoms with Crippen molar-refractivity contribution in [3.05, 3.63) is 78.3 Å². The van der Waals surface area contributed by atoms with Gasteiger partial charge in [0.15, 0.2) is 5.65 Å². The van der Waals surface area contributed by atoms with Crippen LogP contribution in [0.2, 0.25) is 0 Å². The van der Waals surface area contributed by atoms with Gasteiger partial charge >= 0.3 is 0 Å². The molecule has 2 heterocycles. The zero-order valence-electron chi connectivity index (χ0n) is 10.8. The lowest BCUT2D eigenvalue weighted by Gasteiger charge is -2.15. The molecule has 2 aromatic heterocycles. The van der Waals surface area contributed by atoms with Crippen molar-refractivity contribution >= 4 is 11.2 Å². The maximum Gasteiger partial charge on any atom is 0.178 e. The highest BCUT2D eigenvalue weighted by molar-refractivity contribution is 5.70. The highest BCUT2D eigenvalue weighted by Crippen LogP contribution is 2.31. The quantitative estimate of drug-likeness (QED) is 0.829. The lowest BCUT2D eigenvalue weighted by Crippen LogP contribution is -2.07. The third-order valence-corrected chi connectivity index (χ3v) is 3.62. The van der Waals surface area contributed by atoms with Crippen LogP contribution < -0.4 is 0 Å². The third-order valence-electron chi connectivity index (χ3n) is 3.62. The predicted molar refractivity (Wildman–Crippen MR) is 79.4 cm³/mol. The molecule has 96 valence electrons. The first-order valence-corrected chi connectivity index (χ1v) is 6.74. The van der Waals surface area contributed by atoms with Crippen molar-refractivity contribution in [3.8, 4) is 0 Å². The molecule has 2 aromatic rings. The van der Waals surface area contributed by atoms with Crippen LogP contribution >= 0.6 is 0 Å². The van der Waals surface area contributed by atoms with Crippen LogP contribution in [0.3, 0.4) is 0 Å². The zero-order chi connectivity index (χ0) is 13.4. The summed E-state index contributed by atoms with van der Waals surface area (Å²) in [6.07, 6.45) is 18.6. The molecule has 0 saturated heterocycles. The van der Waals surface area contributed by atoms with Crippen LogP contribution in [-0.4, -0.2) is 15.0 Å². The smallest absolute Gasteiger partial charge is 0.178 e. The Hall–Kier alpha value is -2.55. The third kappa shape index (κ3) is 1.79. The number of pyridine rings is 1. The molecule has 0 atom stereocenters. The summed E-state index contributed by atoms with van der Waals surface area (Å²) in [5.41, 5.74) is 3.59. The van der Waals surface area contributed by atoms with E-state index in [1.54, 1.807) is 6.20 Å². The van der Waals surface area contributed by atoms with E-state index in [2.05, 4.69) is 53.6 Å². The second-order valence-electron chi connectivity index (χ2n) is 4.93. The Morgan fingerprint density at radius 1 is 0.750 bits per heavy atom. The standard InChI is InChI=1S/C17H13N3/c1-2-7-12(6-1)15-16(13-8-3-4-9-13)20-17-14(19-15)10-5-11-18-17/h1-13H. The fraction of sp³-hybridized carbons (Fsp3) is 0.118. The molecular weight excluding hydrogens is 246 g/mol. The van der Waals surface area contributed by atoms with Gasteiger partial charge in [0.25, 0.3) is 0 Å². The highest BCUT2D eigenvalue weighted by atomic mass is 14.9. The molecule has 0 unspecified atom stereocenters. The molecule has 0 amide bonds. The van der Waals surface area contributed by atoms with Crippen LogP contribution in [0.4, 0.5) is 0 Å². The molecule has 3 heteroatoms. The number of nitrogens with zero attached hydrogens (tertiary/aromatic N) is 3. The van der Waals surface area contributed by atoms with Crippen molar-refractivity contribution in [2.45, 2.75) is 11.8 Å². The molecule has 0 radical (unpaired) electrons. The van der Waals surface area contributed by atoms with Crippen molar-refractivity contribution < 1.29 is 0 Å². The minimum atomic E-state index is 0.200. The van der Waals surface area contributed by atoms with E-state index in [9.17, 15) is 0 Å². The van der Waals surface area contributed by atoms with E-state index >= 15 is 0 Å². The normalized spacial score (nSPS) is 17.8. The van der Waals surface area contributed by atoms with Crippen molar-refractivity contribution in [1.29, 1.82) is 0 Å². The van der Waals surface area contributed by atoms with Gasteiger partial charge < -0.3 is 0 Å². The fourth-order valence-electron chi connectivity index (χ4n) is 2.64. The topological polar surface area (TPSA) is 38.7 Å². The lowest BCUT2D eigenvalue weighted by atomic mass is 9.97. The molecule has 20 heavy (non-hydrogen) atoms. The SMILES string of the molecule is C1=CC(c2nc3cccnc3nc2C2C=CC=C2)C=C1. The van der Waals surface area contributed by atoms with Gasteiger partial charge in [-0.05, 0) is 12.1 Å². The molecule has 0 N–H and O–H groups in total. The first-order chi connectivity index (χ1) is 9.92. The summed E-state index contributed by atoms with van der Waals surface area (Å²) >= 11 is 0. The number of hydrogen-bond donors (Lipinski definition) is 0. The second-order valence-corrected chi connectivity index (χ2v) is 4.93. The zero-order valence-corrected chi connectivity index (χ0v) is 10.8. The molecule has 0 aromatic carbocycles. The minimum Gasteiger partial charge on any atom is -0.247 e. The molecule has 0 fully saturated rings. The number of fused-ring (bicyclic) bond motifs is 1. The molecule has 2 aliphatic carbocycles. The van der Waals surface area contributed by atoms with Gasteiger partial charge in [0.2, 0.25) is 0 Å². The first-order valence-electron chi connectivity index (χ1n) is 6.74. The average molecular weight is 259 g/mol. The van der Waals surface area contributed by atoms with Gasteiger partial charge in [-0.25, -0.2) is 15.0 Å². The molecular formula is C17H13N3. The van der Waals surface area contributed by atoms with E-state index < -0.39 is 0 Å². The molecule has 0 saturated carbocycles. The van der Waals surface area contributed by atoms with Gasteiger partial charge in [0, 0.05) is 18.0 Å². The maximum absolute atomic E-state index is 4.81. The van der Waals surface area contributed by atoms with Gasteiger partial charge in [-0.2, -0.15) is 0 Å². The summed E-state index contributed by atoms with van der Waals surface area (Å²) in [6.45, 7) is 0. The molecule has 0 aliphatic heterocycles. The number of rotatable bonds is 2. The molecule has 4 rings (SSSR count). The maximum atomic E-state index is 4.81. The molecule has 2 aliphatic rings. The summed E-state index contributed by atoms with van der Waals surface area (Å²) < 4.78 is 0. The van der Waals surface area contributed by atoms with Crippen LogP contribution in [0.15, 0.2) is 66.9 Å². The molecule has 3 nitrogen and oxygen atoms in total. The molecule has 0 bridgehead atoms. The Bertz CT molecular complexity index is 693. The number of aromatic nitrogens is 3. The highest BCUT2D eigenvalue weighted by Gasteiger charge is 2.21. The van der Waals surface area contributed by atoms with E-state index in [0.29, 0.717) is 5.65 Å². The summed E-state index contributed by atoms with van der Waals surface area (Å²) in [4.78, 5) is 13.9. The van der Waals surface area contributed by atoms with Crippen LogP contribution in [0, 0.1) is 0 Å². The van der Waals surface area contributed by atoms with E-state index in [4.69, 9.17) is 9.97 Å². The summed E-state index contributed by atoms with van der Waals surface area (Å²) in [5.74, 6) is 0.413. The predicted octanol–water partition coefficient (Wildman–Crippen LogP) is 3.44. The Labute approximate surface area is 117 Å². The van der Waals surface area contributed by atoms with Gasteiger partial charge in [0.1, 0.15) is 5.52 Å².